The number of amides is 1. The van der Waals surface area contributed by atoms with Crippen LogP contribution in [-0.4, -0.2) is 32.6 Å². The molecule has 4 rings (SSSR count). The number of benzene rings is 2. The van der Waals surface area contributed by atoms with Crippen molar-refractivity contribution in [1.82, 2.24) is 20.2 Å². The molecule has 0 bridgehead atoms. The molecule has 0 spiro atoms. The maximum absolute atomic E-state index is 12.3. The Morgan fingerprint density at radius 3 is 2.47 bits per heavy atom. The summed E-state index contributed by atoms with van der Waals surface area (Å²) in [5.74, 6) is 1.18. The molecule has 2 aromatic heterocycles. The van der Waals surface area contributed by atoms with Crippen LogP contribution in [0.1, 0.15) is 37.7 Å². The zero-order valence-electron chi connectivity index (χ0n) is 19.6. The minimum absolute atomic E-state index is 0.0664. The Balaban J connectivity index is 1.57. The lowest BCUT2D eigenvalue weighted by Crippen LogP contribution is -2.19. The van der Waals surface area contributed by atoms with Gasteiger partial charge < -0.3 is 4.42 Å². The summed E-state index contributed by atoms with van der Waals surface area (Å²) in [6, 6.07) is 20.1. The Bertz CT molecular complexity index is 1270. The molecule has 7 nitrogen and oxygen atoms in total. The first-order chi connectivity index (χ1) is 16.3. The van der Waals surface area contributed by atoms with Gasteiger partial charge in [0.15, 0.2) is 11.0 Å². The van der Waals surface area contributed by atoms with Gasteiger partial charge in [0.2, 0.25) is 0 Å². The molecule has 34 heavy (non-hydrogen) atoms. The van der Waals surface area contributed by atoms with E-state index in [9.17, 15) is 4.79 Å². The number of aryl methyl sites for hydroxylation is 1. The van der Waals surface area contributed by atoms with Crippen molar-refractivity contribution in [2.75, 3.05) is 5.75 Å². The molecule has 1 amide bonds. The van der Waals surface area contributed by atoms with E-state index in [-0.39, 0.29) is 17.1 Å². The number of hydrogen-bond acceptors (Lipinski definition) is 6. The number of thioether (sulfide) groups is 1. The van der Waals surface area contributed by atoms with Gasteiger partial charge in [0.05, 0.1) is 18.2 Å². The van der Waals surface area contributed by atoms with Crippen molar-refractivity contribution in [1.29, 1.82) is 0 Å². The summed E-state index contributed by atoms with van der Waals surface area (Å²) >= 11 is 1.30. The lowest BCUT2D eigenvalue weighted by molar-refractivity contribution is -0.118. The van der Waals surface area contributed by atoms with Gasteiger partial charge in [-0.05, 0) is 42.2 Å². The molecule has 0 atom stereocenters. The van der Waals surface area contributed by atoms with Gasteiger partial charge in [0, 0.05) is 11.3 Å². The maximum atomic E-state index is 12.3. The topological polar surface area (TPSA) is 85.3 Å². The van der Waals surface area contributed by atoms with Crippen LogP contribution in [0, 0.1) is 6.92 Å². The largest absolute Gasteiger partial charge is 0.463 e. The van der Waals surface area contributed by atoms with E-state index in [1.54, 1.807) is 18.4 Å². The van der Waals surface area contributed by atoms with Crippen molar-refractivity contribution in [3.63, 3.8) is 0 Å². The number of aromatic nitrogens is 3. The molecule has 0 saturated carbocycles. The van der Waals surface area contributed by atoms with Crippen molar-refractivity contribution in [3.8, 4) is 17.1 Å². The first kappa shape index (κ1) is 23.5. The van der Waals surface area contributed by atoms with Crippen LogP contribution in [0.15, 0.2) is 81.6 Å². The van der Waals surface area contributed by atoms with Crippen LogP contribution in [0.5, 0.6) is 0 Å². The monoisotopic (exact) mass is 473 g/mol. The maximum Gasteiger partial charge on any atom is 0.250 e. The van der Waals surface area contributed by atoms with E-state index in [1.165, 1.54) is 23.5 Å². The van der Waals surface area contributed by atoms with Gasteiger partial charge in [-0.25, -0.2) is 5.43 Å². The number of nitrogens with zero attached hydrogens (tertiary/aromatic N) is 4. The van der Waals surface area contributed by atoms with Crippen LogP contribution in [0.4, 0.5) is 0 Å². The first-order valence-electron chi connectivity index (χ1n) is 10.9. The van der Waals surface area contributed by atoms with Crippen molar-refractivity contribution >= 4 is 23.9 Å². The smallest absolute Gasteiger partial charge is 0.250 e. The summed E-state index contributed by atoms with van der Waals surface area (Å²) in [5, 5.41) is 13.4. The van der Waals surface area contributed by atoms with Gasteiger partial charge in [-0.1, -0.05) is 74.5 Å². The minimum atomic E-state index is -0.248. The average Bonchev–Trinajstić information content (AvgIpc) is 3.48. The SMILES string of the molecule is Cc1ccc(-n2c(SCC(=O)N/N=C\c3ccco3)nnc2-c2ccc(C(C)(C)C)cc2)cc1. The van der Waals surface area contributed by atoms with Gasteiger partial charge in [-0.2, -0.15) is 5.10 Å². The number of hydrogen-bond donors (Lipinski definition) is 1. The minimum Gasteiger partial charge on any atom is -0.463 e. The number of carbonyl (C=O) groups excluding carboxylic acids is 1. The third-order valence-electron chi connectivity index (χ3n) is 5.19. The van der Waals surface area contributed by atoms with E-state index >= 15 is 0 Å². The zero-order valence-corrected chi connectivity index (χ0v) is 20.5. The molecule has 2 heterocycles. The van der Waals surface area contributed by atoms with Crippen LogP contribution in [0.25, 0.3) is 17.1 Å². The lowest BCUT2D eigenvalue weighted by atomic mass is 9.87. The lowest BCUT2D eigenvalue weighted by Gasteiger charge is -2.19. The molecule has 174 valence electrons. The highest BCUT2D eigenvalue weighted by Gasteiger charge is 2.19. The Morgan fingerprint density at radius 2 is 1.82 bits per heavy atom. The second-order valence-corrected chi connectivity index (χ2v) is 9.84. The highest BCUT2D eigenvalue weighted by molar-refractivity contribution is 7.99. The third-order valence-corrected chi connectivity index (χ3v) is 6.12. The molecule has 0 aliphatic heterocycles. The van der Waals surface area contributed by atoms with E-state index < -0.39 is 0 Å². The Morgan fingerprint density at radius 1 is 1.09 bits per heavy atom. The quantitative estimate of drug-likeness (QED) is 0.221. The fraction of sp³-hybridized carbons (Fsp3) is 0.231. The summed E-state index contributed by atoms with van der Waals surface area (Å²) in [6.45, 7) is 8.62. The Kier molecular flexibility index (Phi) is 6.98. The van der Waals surface area contributed by atoms with Gasteiger partial charge in [-0.15, -0.1) is 10.2 Å². The number of carbonyl (C=O) groups is 1. The molecule has 0 fully saturated rings. The zero-order chi connectivity index (χ0) is 24.1. The molecule has 0 unspecified atom stereocenters. The third kappa shape index (κ3) is 5.63. The molecule has 1 N–H and O–H groups in total. The highest BCUT2D eigenvalue weighted by atomic mass is 32.2. The average molecular weight is 474 g/mol. The summed E-state index contributed by atoms with van der Waals surface area (Å²) in [7, 11) is 0. The molecule has 0 aliphatic carbocycles. The van der Waals surface area contributed by atoms with Crippen LogP contribution in [0.3, 0.4) is 0 Å². The molecular formula is C26H27N5O2S. The van der Waals surface area contributed by atoms with Crippen LogP contribution in [0.2, 0.25) is 0 Å². The molecule has 2 aromatic carbocycles. The van der Waals surface area contributed by atoms with Gasteiger partial charge >= 0.3 is 0 Å². The highest BCUT2D eigenvalue weighted by Crippen LogP contribution is 2.30. The molecule has 0 saturated heterocycles. The van der Waals surface area contributed by atoms with Gasteiger partial charge in [-0.3, -0.25) is 9.36 Å². The Labute approximate surface area is 203 Å². The molecule has 0 radical (unpaired) electrons. The van der Waals surface area contributed by atoms with Crippen LogP contribution < -0.4 is 5.43 Å². The van der Waals surface area contributed by atoms with E-state index in [0.717, 1.165) is 22.6 Å². The van der Waals surface area contributed by atoms with Crippen LogP contribution in [-0.2, 0) is 10.2 Å². The van der Waals surface area contributed by atoms with Crippen LogP contribution >= 0.6 is 11.8 Å². The summed E-state index contributed by atoms with van der Waals surface area (Å²) in [6.07, 6.45) is 3.00. The second kappa shape index (κ2) is 10.1. The first-order valence-corrected chi connectivity index (χ1v) is 11.9. The number of rotatable bonds is 7. The predicted octanol–water partition coefficient (Wildman–Crippen LogP) is 5.38. The fourth-order valence-corrected chi connectivity index (χ4v) is 4.04. The summed E-state index contributed by atoms with van der Waals surface area (Å²) < 4.78 is 7.14. The number of hydrazone groups is 1. The Hall–Kier alpha value is -3.65. The van der Waals surface area contributed by atoms with E-state index in [0.29, 0.717) is 10.9 Å². The van der Waals surface area contributed by atoms with Crippen molar-refractivity contribution < 1.29 is 9.21 Å². The molecular weight excluding hydrogens is 446 g/mol. The predicted molar refractivity (Wildman–Crippen MR) is 135 cm³/mol. The molecule has 8 heteroatoms. The number of nitrogens with one attached hydrogen (secondary N) is 1. The van der Waals surface area contributed by atoms with Gasteiger partial charge in [0.1, 0.15) is 5.76 Å². The summed E-state index contributed by atoms with van der Waals surface area (Å²) in [4.78, 5) is 12.3. The van der Waals surface area contributed by atoms with E-state index in [2.05, 4.69) is 65.8 Å². The molecule has 4 aromatic rings. The summed E-state index contributed by atoms with van der Waals surface area (Å²) in [5.41, 5.74) is 6.88. The van der Waals surface area contributed by atoms with Crippen molar-refractivity contribution in [2.45, 2.75) is 38.3 Å². The van der Waals surface area contributed by atoms with Crippen molar-refractivity contribution in [3.05, 3.63) is 83.8 Å². The van der Waals surface area contributed by atoms with Crippen molar-refractivity contribution in [2.24, 2.45) is 5.10 Å². The molecule has 0 aliphatic rings. The van der Waals surface area contributed by atoms with Gasteiger partial charge in [0.25, 0.3) is 5.91 Å². The standard InChI is InChI=1S/C26H27N5O2S/c1-18-7-13-21(14-8-18)31-24(19-9-11-20(12-10-19)26(2,3)4)29-30-25(31)34-17-23(32)28-27-16-22-6-5-15-33-22/h5-16H,17H2,1-4H3,(H,28,32)/b27-16-. The number of furan rings is 1. The van der Waals surface area contributed by atoms with E-state index in [4.69, 9.17) is 4.42 Å². The second-order valence-electron chi connectivity index (χ2n) is 8.90. The van der Waals surface area contributed by atoms with E-state index in [1.807, 2.05) is 35.8 Å². The normalized spacial score (nSPS) is 11.8. The fourth-order valence-electron chi connectivity index (χ4n) is 3.29.